The van der Waals surface area contributed by atoms with Gasteiger partial charge in [-0.15, -0.1) is 0 Å². The molecule has 2 aromatic rings. The van der Waals surface area contributed by atoms with E-state index >= 15 is 0 Å². The predicted octanol–water partition coefficient (Wildman–Crippen LogP) is 2.12. The van der Waals surface area contributed by atoms with Gasteiger partial charge in [0.1, 0.15) is 0 Å². The molecule has 0 bridgehead atoms. The number of aromatic nitrogens is 2. The molecule has 3 aliphatic rings. The Hall–Kier alpha value is -2.19. The van der Waals surface area contributed by atoms with Crippen molar-refractivity contribution >= 4 is 21.5 Å². The standard InChI is InChI=1S/C22H29N5O2S/c1-30(28,29)20-7-5-19(6-8-20)27-10-9-21-17(16-27)15-23-22(24-21)26-13-11-25(12-14-26)18-3-2-4-18/h5-8,15,18H,2-4,9-14,16H2,1H3. The van der Waals surface area contributed by atoms with Crippen LogP contribution in [0.3, 0.4) is 0 Å². The van der Waals surface area contributed by atoms with E-state index in [0.29, 0.717) is 4.90 Å². The number of nitrogens with zero attached hydrogens (tertiary/aromatic N) is 5. The molecule has 5 rings (SSSR count). The van der Waals surface area contributed by atoms with Crippen molar-refractivity contribution in [3.63, 3.8) is 0 Å². The normalized spacial score (nSPS) is 20.7. The number of fused-ring (bicyclic) bond motifs is 1. The minimum atomic E-state index is -3.17. The van der Waals surface area contributed by atoms with E-state index in [1.54, 1.807) is 12.1 Å². The van der Waals surface area contributed by atoms with Crippen molar-refractivity contribution < 1.29 is 8.42 Å². The van der Waals surface area contributed by atoms with Crippen LogP contribution in [-0.4, -0.2) is 68.3 Å². The summed E-state index contributed by atoms with van der Waals surface area (Å²) in [5.41, 5.74) is 3.33. The highest BCUT2D eigenvalue weighted by molar-refractivity contribution is 7.90. The van der Waals surface area contributed by atoms with Crippen molar-refractivity contribution in [2.75, 3.05) is 48.8 Å². The van der Waals surface area contributed by atoms with Crippen LogP contribution in [0.5, 0.6) is 0 Å². The van der Waals surface area contributed by atoms with Crippen molar-refractivity contribution in [2.45, 2.75) is 43.2 Å². The molecule has 1 saturated heterocycles. The van der Waals surface area contributed by atoms with Crippen molar-refractivity contribution in [3.8, 4) is 0 Å². The molecule has 0 amide bonds. The Bertz CT molecular complexity index is 1010. The fourth-order valence-electron chi connectivity index (χ4n) is 4.62. The molecule has 1 aliphatic carbocycles. The first kappa shape index (κ1) is 19.8. The fourth-order valence-corrected chi connectivity index (χ4v) is 5.25. The lowest BCUT2D eigenvalue weighted by atomic mass is 9.91. The molecule has 2 aliphatic heterocycles. The number of anilines is 2. The van der Waals surface area contributed by atoms with Crippen LogP contribution in [0.25, 0.3) is 0 Å². The van der Waals surface area contributed by atoms with Gasteiger partial charge in [0.05, 0.1) is 10.6 Å². The predicted molar refractivity (Wildman–Crippen MR) is 118 cm³/mol. The third-order valence-corrected chi connectivity index (χ3v) is 7.87. The summed E-state index contributed by atoms with van der Waals surface area (Å²) in [5, 5.41) is 0. The van der Waals surface area contributed by atoms with Crippen LogP contribution in [0.2, 0.25) is 0 Å². The van der Waals surface area contributed by atoms with Crippen molar-refractivity contribution in [1.82, 2.24) is 14.9 Å². The van der Waals surface area contributed by atoms with E-state index in [1.807, 2.05) is 18.3 Å². The molecule has 1 saturated carbocycles. The van der Waals surface area contributed by atoms with Gasteiger partial charge < -0.3 is 9.80 Å². The van der Waals surface area contributed by atoms with E-state index in [-0.39, 0.29) is 0 Å². The largest absolute Gasteiger partial charge is 0.367 e. The second kappa shape index (κ2) is 7.81. The minimum Gasteiger partial charge on any atom is -0.367 e. The first-order valence-corrected chi connectivity index (χ1v) is 12.8. The zero-order valence-corrected chi connectivity index (χ0v) is 18.3. The molecular formula is C22H29N5O2S. The lowest BCUT2D eigenvalue weighted by Crippen LogP contribution is -2.52. The summed E-state index contributed by atoms with van der Waals surface area (Å²) in [4.78, 5) is 17.2. The number of benzene rings is 1. The van der Waals surface area contributed by atoms with Gasteiger partial charge in [0, 0.05) is 75.4 Å². The molecule has 0 unspecified atom stereocenters. The average molecular weight is 428 g/mol. The number of piperazine rings is 1. The Morgan fingerprint density at radius 1 is 0.967 bits per heavy atom. The van der Waals surface area contributed by atoms with Gasteiger partial charge in [0.15, 0.2) is 9.84 Å². The monoisotopic (exact) mass is 427 g/mol. The fraction of sp³-hybridized carbons (Fsp3) is 0.545. The van der Waals surface area contributed by atoms with E-state index in [1.165, 1.54) is 25.5 Å². The van der Waals surface area contributed by atoms with Crippen molar-refractivity contribution in [2.24, 2.45) is 0 Å². The first-order chi connectivity index (χ1) is 14.5. The van der Waals surface area contributed by atoms with Crippen LogP contribution >= 0.6 is 0 Å². The van der Waals surface area contributed by atoms with Crippen molar-refractivity contribution in [1.29, 1.82) is 0 Å². The summed E-state index contributed by atoms with van der Waals surface area (Å²) in [6.45, 7) is 5.87. The molecule has 1 aromatic heterocycles. The Morgan fingerprint density at radius 3 is 2.33 bits per heavy atom. The molecule has 0 atom stereocenters. The summed E-state index contributed by atoms with van der Waals surface area (Å²) >= 11 is 0. The van der Waals surface area contributed by atoms with Crippen molar-refractivity contribution in [3.05, 3.63) is 41.7 Å². The molecule has 2 fully saturated rings. The van der Waals surface area contributed by atoms with Crippen LogP contribution in [0.1, 0.15) is 30.5 Å². The van der Waals surface area contributed by atoms with Gasteiger partial charge in [-0.25, -0.2) is 18.4 Å². The van der Waals surface area contributed by atoms with E-state index in [2.05, 4.69) is 19.7 Å². The van der Waals surface area contributed by atoms with Crippen LogP contribution in [-0.2, 0) is 22.8 Å². The average Bonchev–Trinajstić information content (AvgIpc) is 2.72. The smallest absolute Gasteiger partial charge is 0.225 e. The second-order valence-corrected chi connectivity index (χ2v) is 10.7. The Kier molecular flexibility index (Phi) is 5.14. The SMILES string of the molecule is CS(=O)(=O)c1ccc(N2CCc3nc(N4CCN(C5CCC5)CC4)ncc3C2)cc1. The maximum atomic E-state index is 11.7. The van der Waals surface area contributed by atoms with E-state index in [4.69, 9.17) is 4.98 Å². The van der Waals surface area contributed by atoms with E-state index in [9.17, 15) is 8.42 Å². The van der Waals surface area contributed by atoms with Crippen LogP contribution in [0.15, 0.2) is 35.4 Å². The minimum absolute atomic E-state index is 0.356. The third kappa shape index (κ3) is 3.90. The number of sulfone groups is 1. The highest BCUT2D eigenvalue weighted by Crippen LogP contribution is 2.28. The van der Waals surface area contributed by atoms with Gasteiger partial charge in [-0.3, -0.25) is 4.90 Å². The summed E-state index contributed by atoms with van der Waals surface area (Å²) in [6, 6.07) is 7.96. The molecule has 1 aromatic carbocycles. The first-order valence-electron chi connectivity index (χ1n) is 10.9. The van der Waals surface area contributed by atoms with Crippen LogP contribution in [0.4, 0.5) is 11.6 Å². The Balaban J connectivity index is 1.25. The zero-order valence-electron chi connectivity index (χ0n) is 17.5. The summed E-state index contributed by atoms with van der Waals surface area (Å²) in [5.74, 6) is 0.868. The number of hydrogen-bond donors (Lipinski definition) is 0. The summed E-state index contributed by atoms with van der Waals surface area (Å²) < 4.78 is 23.4. The second-order valence-electron chi connectivity index (χ2n) is 8.69. The van der Waals surface area contributed by atoms with Gasteiger partial charge >= 0.3 is 0 Å². The molecule has 30 heavy (non-hydrogen) atoms. The van der Waals surface area contributed by atoms with E-state index < -0.39 is 9.84 Å². The number of rotatable bonds is 4. The van der Waals surface area contributed by atoms with Gasteiger partial charge in [0.2, 0.25) is 5.95 Å². The molecule has 7 nitrogen and oxygen atoms in total. The van der Waals surface area contributed by atoms with Crippen LogP contribution in [0, 0.1) is 0 Å². The topological polar surface area (TPSA) is 69.6 Å². The molecule has 8 heteroatoms. The molecule has 160 valence electrons. The van der Waals surface area contributed by atoms with E-state index in [0.717, 1.165) is 74.6 Å². The molecular weight excluding hydrogens is 398 g/mol. The molecule has 0 radical (unpaired) electrons. The zero-order chi connectivity index (χ0) is 20.7. The maximum absolute atomic E-state index is 11.7. The molecule has 0 spiro atoms. The maximum Gasteiger partial charge on any atom is 0.225 e. The Morgan fingerprint density at radius 2 is 1.70 bits per heavy atom. The van der Waals surface area contributed by atoms with Crippen LogP contribution < -0.4 is 9.80 Å². The summed E-state index contributed by atoms with van der Waals surface area (Å²) in [7, 11) is -3.17. The highest BCUT2D eigenvalue weighted by atomic mass is 32.2. The lowest BCUT2D eigenvalue weighted by Gasteiger charge is -2.43. The van der Waals surface area contributed by atoms with Gasteiger partial charge in [0.25, 0.3) is 0 Å². The third-order valence-electron chi connectivity index (χ3n) is 6.74. The lowest BCUT2D eigenvalue weighted by molar-refractivity contribution is 0.120. The Labute approximate surface area is 178 Å². The molecule has 3 heterocycles. The van der Waals surface area contributed by atoms with Gasteiger partial charge in [-0.2, -0.15) is 0 Å². The molecule has 0 N–H and O–H groups in total. The summed E-state index contributed by atoms with van der Waals surface area (Å²) in [6.07, 6.45) is 8.21. The van der Waals surface area contributed by atoms with Gasteiger partial charge in [-0.1, -0.05) is 6.42 Å². The quantitative estimate of drug-likeness (QED) is 0.740. The number of hydrogen-bond acceptors (Lipinski definition) is 7. The highest BCUT2D eigenvalue weighted by Gasteiger charge is 2.29. The van der Waals surface area contributed by atoms with Gasteiger partial charge in [-0.05, 0) is 37.1 Å².